The first-order chi connectivity index (χ1) is 7.16. The zero-order valence-corrected chi connectivity index (χ0v) is 8.93. The summed E-state index contributed by atoms with van der Waals surface area (Å²) in [6.45, 7) is 2.22. The number of hydrogen-bond acceptors (Lipinski definition) is 2. The maximum absolute atomic E-state index is 12.9. The maximum Gasteiger partial charge on any atom is 0.178 e. The molecule has 1 aliphatic rings. The van der Waals surface area contributed by atoms with E-state index in [2.05, 4.69) is 0 Å². The van der Waals surface area contributed by atoms with Crippen molar-refractivity contribution in [3.63, 3.8) is 0 Å². The molecule has 4 heteroatoms. The van der Waals surface area contributed by atoms with Crippen LogP contribution in [0.3, 0.4) is 0 Å². The number of halogens is 2. The van der Waals surface area contributed by atoms with E-state index < -0.39 is 5.82 Å². The lowest BCUT2D eigenvalue weighted by molar-refractivity contribution is 0.0875. The fraction of sp³-hybridized carbons (Fsp3) is 0.364. The normalized spacial score (nSPS) is 16.1. The fourth-order valence-electron chi connectivity index (χ4n) is 1.54. The van der Waals surface area contributed by atoms with Gasteiger partial charge in [0, 0.05) is 5.56 Å². The summed E-state index contributed by atoms with van der Waals surface area (Å²) in [6.07, 6.45) is 1.13. The third kappa shape index (κ3) is 2.36. The third-order valence-corrected chi connectivity index (χ3v) is 2.87. The lowest BCUT2D eigenvalue weighted by atomic mass is 10.1. The Labute approximate surface area is 92.6 Å². The molecule has 1 aliphatic heterocycles. The van der Waals surface area contributed by atoms with Gasteiger partial charge in [-0.2, -0.15) is 0 Å². The van der Waals surface area contributed by atoms with Crippen LogP contribution in [0.1, 0.15) is 16.8 Å². The van der Waals surface area contributed by atoms with Crippen molar-refractivity contribution in [2.45, 2.75) is 6.42 Å². The van der Waals surface area contributed by atoms with Crippen molar-refractivity contribution in [3.05, 3.63) is 34.6 Å². The van der Waals surface area contributed by atoms with E-state index in [0.717, 1.165) is 19.5 Å². The molecular formula is C11H11ClFNO. The zero-order valence-electron chi connectivity index (χ0n) is 8.17. The molecule has 0 atom stereocenters. The van der Waals surface area contributed by atoms with E-state index in [1.165, 1.54) is 18.2 Å². The van der Waals surface area contributed by atoms with Gasteiger partial charge in [-0.3, -0.25) is 9.69 Å². The van der Waals surface area contributed by atoms with Crippen LogP contribution in [0.4, 0.5) is 4.39 Å². The summed E-state index contributed by atoms with van der Waals surface area (Å²) in [5, 5.41) is 0.321. The highest BCUT2D eigenvalue weighted by Crippen LogP contribution is 2.18. The van der Waals surface area contributed by atoms with Crippen LogP contribution >= 0.6 is 11.6 Å². The number of benzene rings is 1. The van der Waals surface area contributed by atoms with E-state index in [-0.39, 0.29) is 11.3 Å². The smallest absolute Gasteiger partial charge is 0.178 e. The van der Waals surface area contributed by atoms with Crippen molar-refractivity contribution in [2.24, 2.45) is 0 Å². The monoisotopic (exact) mass is 227 g/mol. The molecule has 1 aromatic carbocycles. The summed E-state index contributed by atoms with van der Waals surface area (Å²) in [5.74, 6) is -0.537. The van der Waals surface area contributed by atoms with Crippen LogP contribution in [0.5, 0.6) is 0 Å². The molecule has 15 heavy (non-hydrogen) atoms. The maximum atomic E-state index is 12.9. The predicted molar refractivity (Wildman–Crippen MR) is 56.8 cm³/mol. The Hall–Kier alpha value is -0.930. The SMILES string of the molecule is O=C(CN1CCC1)c1cc(F)ccc1Cl. The molecule has 1 heterocycles. The molecule has 0 saturated carbocycles. The number of Topliss-reactive ketones (excluding diaryl/α,β-unsaturated/α-hetero) is 1. The Balaban J connectivity index is 2.12. The summed E-state index contributed by atoms with van der Waals surface area (Å²) in [7, 11) is 0. The van der Waals surface area contributed by atoms with Crippen molar-refractivity contribution in [1.29, 1.82) is 0 Å². The first-order valence-electron chi connectivity index (χ1n) is 4.87. The van der Waals surface area contributed by atoms with E-state index in [1.807, 2.05) is 4.90 Å². The van der Waals surface area contributed by atoms with Crippen LogP contribution in [0.2, 0.25) is 5.02 Å². The van der Waals surface area contributed by atoms with E-state index in [1.54, 1.807) is 0 Å². The molecule has 80 valence electrons. The second-order valence-corrected chi connectivity index (χ2v) is 4.08. The molecule has 0 bridgehead atoms. The van der Waals surface area contributed by atoms with Crippen molar-refractivity contribution < 1.29 is 9.18 Å². The highest BCUT2D eigenvalue weighted by molar-refractivity contribution is 6.34. The minimum Gasteiger partial charge on any atom is -0.296 e. The van der Waals surface area contributed by atoms with E-state index >= 15 is 0 Å². The Kier molecular flexibility index (Phi) is 3.03. The quantitative estimate of drug-likeness (QED) is 0.739. The second-order valence-electron chi connectivity index (χ2n) is 3.68. The summed E-state index contributed by atoms with van der Waals surface area (Å²) in [4.78, 5) is 13.7. The van der Waals surface area contributed by atoms with Crippen LogP contribution in [0.25, 0.3) is 0 Å². The first kappa shape index (κ1) is 10.6. The highest BCUT2D eigenvalue weighted by Gasteiger charge is 2.19. The number of hydrogen-bond donors (Lipinski definition) is 0. The largest absolute Gasteiger partial charge is 0.296 e. The predicted octanol–water partition coefficient (Wildman–Crippen LogP) is 2.37. The molecule has 0 unspecified atom stereocenters. The van der Waals surface area contributed by atoms with Gasteiger partial charge in [0.25, 0.3) is 0 Å². The Bertz CT molecular complexity index is 390. The van der Waals surface area contributed by atoms with Gasteiger partial charge in [-0.1, -0.05) is 11.6 Å². The van der Waals surface area contributed by atoms with Gasteiger partial charge in [0.2, 0.25) is 0 Å². The van der Waals surface area contributed by atoms with Gasteiger partial charge in [-0.05, 0) is 37.7 Å². The van der Waals surface area contributed by atoms with Crippen LogP contribution in [0.15, 0.2) is 18.2 Å². The molecule has 0 N–H and O–H groups in total. The molecular weight excluding hydrogens is 217 g/mol. The molecule has 1 saturated heterocycles. The number of nitrogens with zero attached hydrogens (tertiary/aromatic N) is 1. The third-order valence-electron chi connectivity index (χ3n) is 2.54. The van der Waals surface area contributed by atoms with Crippen molar-refractivity contribution in [1.82, 2.24) is 4.90 Å². The molecule has 0 radical (unpaired) electrons. The second kappa shape index (κ2) is 4.29. The molecule has 0 amide bonds. The van der Waals surface area contributed by atoms with Gasteiger partial charge in [-0.15, -0.1) is 0 Å². The van der Waals surface area contributed by atoms with E-state index in [4.69, 9.17) is 11.6 Å². The van der Waals surface area contributed by atoms with Gasteiger partial charge in [0.15, 0.2) is 5.78 Å². The molecule has 2 rings (SSSR count). The number of likely N-dealkylation sites (tertiary alicyclic amines) is 1. The molecule has 1 aromatic rings. The summed E-state index contributed by atoms with van der Waals surface area (Å²) >= 11 is 5.83. The first-order valence-corrected chi connectivity index (χ1v) is 5.25. The molecule has 0 aliphatic carbocycles. The summed E-state index contributed by atoms with van der Waals surface area (Å²) in [5.41, 5.74) is 0.281. The van der Waals surface area contributed by atoms with Gasteiger partial charge >= 0.3 is 0 Å². The van der Waals surface area contributed by atoms with Crippen LogP contribution in [0, 0.1) is 5.82 Å². The van der Waals surface area contributed by atoms with Crippen LogP contribution in [-0.4, -0.2) is 30.3 Å². The topological polar surface area (TPSA) is 20.3 Å². The number of rotatable bonds is 3. The summed E-state index contributed by atoms with van der Waals surface area (Å²) in [6, 6.07) is 3.87. The van der Waals surface area contributed by atoms with Gasteiger partial charge in [0.05, 0.1) is 11.6 Å². The van der Waals surface area contributed by atoms with Gasteiger partial charge < -0.3 is 0 Å². The number of carbonyl (C=O) groups excluding carboxylic acids is 1. The number of carbonyl (C=O) groups is 1. The van der Waals surface area contributed by atoms with E-state index in [9.17, 15) is 9.18 Å². The van der Waals surface area contributed by atoms with Crippen LogP contribution in [-0.2, 0) is 0 Å². The molecule has 0 aromatic heterocycles. The lowest BCUT2D eigenvalue weighted by Crippen LogP contribution is -2.40. The average Bonchev–Trinajstić information content (AvgIpc) is 2.15. The average molecular weight is 228 g/mol. The van der Waals surface area contributed by atoms with Gasteiger partial charge in [-0.25, -0.2) is 4.39 Å². The van der Waals surface area contributed by atoms with Crippen molar-refractivity contribution in [3.8, 4) is 0 Å². The Morgan fingerprint density at radius 1 is 1.47 bits per heavy atom. The van der Waals surface area contributed by atoms with E-state index in [0.29, 0.717) is 11.6 Å². The lowest BCUT2D eigenvalue weighted by Gasteiger charge is -2.29. The van der Waals surface area contributed by atoms with Crippen molar-refractivity contribution in [2.75, 3.05) is 19.6 Å². The minimum atomic E-state index is -0.425. The Morgan fingerprint density at radius 2 is 2.20 bits per heavy atom. The van der Waals surface area contributed by atoms with Gasteiger partial charge in [0.1, 0.15) is 5.82 Å². The zero-order chi connectivity index (χ0) is 10.8. The standard InChI is InChI=1S/C11H11ClFNO/c12-10-3-2-8(13)6-9(10)11(15)7-14-4-1-5-14/h2-3,6H,1,4-5,7H2. The van der Waals surface area contributed by atoms with Crippen LogP contribution < -0.4 is 0 Å². The summed E-state index contributed by atoms with van der Waals surface area (Å²) < 4.78 is 12.9. The fourth-order valence-corrected chi connectivity index (χ4v) is 1.76. The van der Waals surface area contributed by atoms with Crippen molar-refractivity contribution >= 4 is 17.4 Å². The highest BCUT2D eigenvalue weighted by atomic mass is 35.5. The molecule has 1 fully saturated rings. The molecule has 0 spiro atoms. The minimum absolute atomic E-state index is 0.112. The molecule has 2 nitrogen and oxygen atoms in total. The number of ketones is 1. The Morgan fingerprint density at radius 3 is 2.80 bits per heavy atom.